The van der Waals surface area contributed by atoms with E-state index < -0.39 is 16.6 Å². The number of carbonyl (C=O) groups excluding carboxylic acids is 1. The summed E-state index contributed by atoms with van der Waals surface area (Å²) < 4.78 is 5.43. The van der Waals surface area contributed by atoms with Gasteiger partial charge in [-0.1, -0.05) is 0 Å². The lowest BCUT2D eigenvalue weighted by molar-refractivity contribution is -0.384. The Morgan fingerprint density at radius 2 is 1.88 bits per heavy atom. The van der Waals surface area contributed by atoms with Crippen LogP contribution in [-0.4, -0.2) is 52.6 Å². The first kappa shape index (κ1) is 17.3. The molecule has 0 radical (unpaired) electrons. The van der Waals surface area contributed by atoms with Crippen molar-refractivity contribution in [2.75, 3.05) is 19.8 Å². The molecule has 0 saturated carbocycles. The van der Waals surface area contributed by atoms with Crippen LogP contribution in [0, 0.1) is 15.5 Å². The number of rotatable bonds is 3. The van der Waals surface area contributed by atoms with Gasteiger partial charge in [-0.3, -0.25) is 14.9 Å². The van der Waals surface area contributed by atoms with Gasteiger partial charge >= 0.3 is 5.97 Å². The first-order chi connectivity index (χ1) is 11.8. The molecule has 1 N–H and O–H groups in total. The predicted octanol–water partition coefficient (Wildman–Crippen LogP) is 2.32. The normalized spacial score (nSPS) is 22.1. The van der Waals surface area contributed by atoms with Crippen LogP contribution in [0.4, 0.5) is 5.69 Å². The summed E-state index contributed by atoms with van der Waals surface area (Å²) >= 11 is 0. The number of amides is 1. The molecule has 1 atom stereocenters. The summed E-state index contributed by atoms with van der Waals surface area (Å²) in [6, 6.07) is 3.30. The molecule has 2 saturated heterocycles. The van der Waals surface area contributed by atoms with E-state index in [-0.39, 0.29) is 28.5 Å². The van der Waals surface area contributed by atoms with E-state index in [1.807, 2.05) is 6.92 Å². The van der Waals surface area contributed by atoms with Crippen LogP contribution in [0.15, 0.2) is 18.2 Å². The number of aromatic carboxylic acids is 1. The summed E-state index contributed by atoms with van der Waals surface area (Å²) in [7, 11) is 0. The van der Waals surface area contributed by atoms with Gasteiger partial charge in [-0.25, -0.2) is 4.79 Å². The van der Waals surface area contributed by atoms with Crippen molar-refractivity contribution in [3.63, 3.8) is 0 Å². The monoisotopic (exact) mass is 348 g/mol. The number of likely N-dealkylation sites (tertiary alicyclic amines) is 1. The van der Waals surface area contributed by atoms with Crippen molar-refractivity contribution in [2.45, 2.75) is 32.2 Å². The first-order valence-corrected chi connectivity index (χ1v) is 8.25. The van der Waals surface area contributed by atoms with Crippen LogP contribution in [0.1, 0.15) is 46.9 Å². The van der Waals surface area contributed by atoms with Gasteiger partial charge in [-0.15, -0.1) is 0 Å². The third-order valence-electron chi connectivity index (χ3n) is 5.58. The number of nitro groups is 1. The molecule has 3 rings (SSSR count). The Balaban J connectivity index is 1.90. The zero-order valence-corrected chi connectivity index (χ0v) is 13.9. The molecule has 134 valence electrons. The highest BCUT2D eigenvalue weighted by Gasteiger charge is 2.47. The maximum absolute atomic E-state index is 12.9. The average molecular weight is 348 g/mol. The number of hydrogen-bond acceptors (Lipinski definition) is 5. The second kappa shape index (κ2) is 6.44. The predicted molar refractivity (Wildman–Crippen MR) is 87.7 cm³/mol. The van der Waals surface area contributed by atoms with Crippen LogP contribution in [0.25, 0.3) is 0 Å². The number of carboxylic acid groups (broad SMARTS) is 1. The molecule has 1 amide bonds. The summed E-state index contributed by atoms with van der Waals surface area (Å²) in [5, 5.41) is 20.2. The van der Waals surface area contributed by atoms with E-state index in [0.717, 1.165) is 31.4 Å². The maximum atomic E-state index is 12.9. The fourth-order valence-corrected chi connectivity index (χ4v) is 3.93. The lowest BCUT2D eigenvalue weighted by Gasteiger charge is -2.38. The molecule has 1 unspecified atom stereocenters. The quantitative estimate of drug-likeness (QED) is 0.663. The smallest absolute Gasteiger partial charge is 0.335 e. The highest BCUT2D eigenvalue weighted by molar-refractivity contribution is 5.98. The molecule has 0 bridgehead atoms. The number of hydrogen-bond donors (Lipinski definition) is 1. The lowest BCUT2D eigenvalue weighted by atomic mass is 9.74. The first-order valence-electron chi connectivity index (χ1n) is 8.25. The number of non-ortho nitro benzene ring substituents is 1. The van der Waals surface area contributed by atoms with Crippen LogP contribution in [-0.2, 0) is 4.74 Å². The molecule has 2 heterocycles. The molecule has 25 heavy (non-hydrogen) atoms. The molecule has 2 aliphatic rings. The van der Waals surface area contributed by atoms with Crippen molar-refractivity contribution in [3.05, 3.63) is 39.4 Å². The van der Waals surface area contributed by atoms with Crippen molar-refractivity contribution >= 4 is 17.6 Å². The Labute approximate surface area is 144 Å². The Morgan fingerprint density at radius 1 is 1.24 bits per heavy atom. The lowest BCUT2D eigenvalue weighted by Crippen LogP contribution is -2.43. The van der Waals surface area contributed by atoms with Crippen molar-refractivity contribution in [3.8, 4) is 0 Å². The molecule has 2 aliphatic heterocycles. The number of carboxylic acids is 1. The van der Waals surface area contributed by atoms with Gasteiger partial charge in [0.2, 0.25) is 0 Å². The summed E-state index contributed by atoms with van der Waals surface area (Å²) in [5.41, 5.74) is -0.590. The van der Waals surface area contributed by atoms with Crippen molar-refractivity contribution in [1.29, 1.82) is 0 Å². The van der Waals surface area contributed by atoms with Gasteiger partial charge in [0.1, 0.15) is 0 Å². The summed E-state index contributed by atoms with van der Waals surface area (Å²) in [6.45, 7) is 3.90. The van der Waals surface area contributed by atoms with Crippen LogP contribution in [0.3, 0.4) is 0 Å². The fourth-order valence-electron chi connectivity index (χ4n) is 3.93. The Bertz CT molecular complexity index is 694. The molecule has 2 fully saturated rings. The Kier molecular flexibility index (Phi) is 4.47. The van der Waals surface area contributed by atoms with Gasteiger partial charge in [0.15, 0.2) is 0 Å². The van der Waals surface area contributed by atoms with Gasteiger partial charge in [0.05, 0.1) is 10.5 Å². The Morgan fingerprint density at radius 3 is 2.48 bits per heavy atom. The van der Waals surface area contributed by atoms with Gasteiger partial charge in [0.25, 0.3) is 11.6 Å². The highest BCUT2D eigenvalue weighted by Crippen LogP contribution is 2.45. The minimum Gasteiger partial charge on any atom is -0.478 e. The van der Waals surface area contributed by atoms with Crippen LogP contribution >= 0.6 is 0 Å². The maximum Gasteiger partial charge on any atom is 0.335 e. The third-order valence-corrected chi connectivity index (χ3v) is 5.58. The fraction of sp³-hybridized carbons (Fsp3) is 0.529. The number of carbonyl (C=O) groups is 2. The summed E-state index contributed by atoms with van der Waals surface area (Å²) in [5.74, 6) is -1.66. The number of ether oxygens (including phenoxy) is 1. The van der Waals surface area contributed by atoms with E-state index >= 15 is 0 Å². The van der Waals surface area contributed by atoms with Crippen molar-refractivity contribution < 1.29 is 24.4 Å². The molecule has 1 spiro atoms. The van der Waals surface area contributed by atoms with E-state index in [4.69, 9.17) is 9.84 Å². The van der Waals surface area contributed by atoms with Crippen LogP contribution in [0.5, 0.6) is 0 Å². The molecule has 1 aromatic rings. The molecule has 0 aromatic heterocycles. The average Bonchev–Trinajstić information content (AvgIpc) is 2.90. The van der Waals surface area contributed by atoms with Crippen molar-refractivity contribution in [1.82, 2.24) is 4.90 Å². The Hall–Kier alpha value is -2.48. The largest absolute Gasteiger partial charge is 0.478 e. The molecule has 0 aliphatic carbocycles. The summed E-state index contributed by atoms with van der Waals surface area (Å²) in [4.78, 5) is 36.2. The minimum atomic E-state index is -1.30. The van der Waals surface area contributed by atoms with Crippen molar-refractivity contribution in [2.24, 2.45) is 5.41 Å². The molecule has 8 nitrogen and oxygen atoms in total. The van der Waals surface area contributed by atoms with Gasteiger partial charge in [-0.2, -0.15) is 0 Å². The molecular formula is C17H20N2O6. The van der Waals surface area contributed by atoms with Gasteiger partial charge < -0.3 is 14.7 Å². The zero-order chi connectivity index (χ0) is 18.2. The third kappa shape index (κ3) is 3.09. The molecular weight excluding hydrogens is 328 g/mol. The number of nitrogens with zero attached hydrogens (tertiary/aromatic N) is 2. The molecule has 1 aromatic carbocycles. The second-order valence-electron chi connectivity index (χ2n) is 6.73. The van der Waals surface area contributed by atoms with Gasteiger partial charge in [-0.05, 0) is 37.7 Å². The van der Waals surface area contributed by atoms with Crippen LogP contribution < -0.4 is 0 Å². The zero-order valence-electron chi connectivity index (χ0n) is 13.9. The van der Waals surface area contributed by atoms with E-state index in [9.17, 15) is 19.7 Å². The van der Waals surface area contributed by atoms with E-state index in [2.05, 4.69) is 0 Å². The molecule has 8 heteroatoms. The topological polar surface area (TPSA) is 110 Å². The minimum absolute atomic E-state index is 0.0172. The van der Waals surface area contributed by atoms with Crippen LogP contribution in [0.2, 0.25) is 0 Å². The van der Waals surface area contributed by atoms with E-state index in [0.29, 0.717) is 19.8 Å². The highest BCUT2D eigenvalue weighted by atomic mass is 16.6. The standard InChI is InChI=1S/C17H20N2O6/c1-11-17(3-6-25-7-4-17)2-5-18(11)15(20)12-8-13(16(21)22)10-14(9-12)19(23)24/h8-11H,2-7H2,1H3,(H,21,22). The number of nitro benzene ring substituents is 1. The van der Waals surface area contributed by atoms with Gasteiger partial charge in [0, 0.05) is 43.5 Å². The number of benzene rings is 1. The second-order valence-corrected chi connectivity index (χ2v) is 6.73. The summed E-state index contributed by atoms with van der Waals surface area (Å²) in [6.07, 6.45) is 2.63. The van der Waals surface area contributed by atoms with E-state index in [1.165, 1.54) is 6.07 Å². The SMILES string of the molecule is CC1N(C(=O)c2cc(C(=O)O)cc([N+](=O)[O-])c2)CCC12CCOCC2. The van der Waals surface area contributed by atoms with E-state index in [1.54, 1.807) is 4.90 Å².